The average Bonchev–Trinajstić information content (AvgIpc) is 3.44. The van der Waals surface area contributed by atoms with E-state index >= 15 is 0 Å². The highest BCUT2D eigenvalue weighted by Crippen LogP contribution is 2.29. The zero-order valence-electron chi connectivity index (χ0n) is 18.5. The van der Waals surface area contributed by atoms with Crippen LogP contribution in [0.1, 0.15) is 17.1 Å². The second kappa shape index (κ2) is 10.2. The summed E-state index contributed by atoms with van der Waals surface area (Å²) in [4.78, 5) is 12.3. The molecule has 0 fully saturated rings. The first kappa shape index (κ1) is 22.3. The fourth-order valence-corrected chi connectivity index (χ4v) is 3.81. The third kappa shape index (κ3) is 5.50. The topological polar surface area (TPSA) is 94.5 Å². The van der Waals surface area contributed by atoms with Gasteiger partial charge in [-0.05, 0) is 62.4 Å². The molecule has 2 aromatic heterocycles. The van der Waals surface area contributed by atoms with E-state index in [0.717, 1.165) is 28.3 Å². The van der Waals surface area contributed by atoms with E-state index in [-0.39, 0.29) is 11.7 Å². The van der Waals surface area contributed by atoms with Crippen molar-refractivity contribution in [2.75, 3.05) is 12.9 Å². The van der Waals surface area contributed by atoms with E-state index in [0.29, 0.717) is 16.7 Å². The van der Waals surface area contributed by atoms with Crippen LogP contribution in [0.15, 0.2) is 75.3 Å². The number of nitrogens with one attached hydrogen (secondary N) is 1. The van der Waals surface area contributed by atoms with E-state index in [1.807, 2.05) is 73.0 Å². The molecule has 0 aliphatic heterocycles. The molecule has 2 aromatic carbocycles. The number of benzene rings is 2. The van der Waals surface area contributed by atoms with Gasteiger partial charge in [-0.15, -0.1) is 10.2 Å². The first-order valence-electron chi connectivity index (χ1n) is 10.2. The van der Waals surface area contributed by atoms with Gasteiger partial charge in [-0.25, -0.2) is 5.43 Å². The molecule has 1 N–H and O–H groups in total. The molecule has 8 nitrogen and oxygen atoms in total. The van der Waals surface area contributed by atoms with E-state index in [1.54, 1.807) is 13.2 Å². The number of furan rings is 1. The fraction of sp³-hybridized carbons (Fsp3) is 0.167. The summed E-state index contributed by atoms with van der Waals surface area (Å²) in [6, 6.07) is 19.3. The van der Waals surface area contributed by atoms with Crippen molar-refractivity contribution in [3.05, 3.63) is 77.7 Å². The van der Waals surface area contributed by atoms with Gasteiger partial charge in [-0.3, -0.25) is 9.36 Å². The predicted octanol–water partition coefficient (Wildman–Crippen LogP) is 4.40. The van der Waals surface area contributed by atoms with Gasteiger partial charge in [0.25, 0.3) is 5.91 Å². The molecule has 33 heavy (non-hydrogen) atoms. The first-order valence-corrected chi connectivity index (χ1v) is 11.2. The van der Waals surface area contributed by atoms with Crippen LogP contribution in [-0.2, 0) is 4.79 Å². The lowest BCUT2D eigenvalue weighted by Crippen LogP contribution is -2.19. The van der Waals surface area contributed by atoms with Gasteiger partial charge >= 0.3 is 0 Å². The molecule has 4 rings (SSSR count). The van der Waals surface area contributed by atoms with Crippen molar-refractivity contribution in [3.8, 4) is 22.8 Å². The van der Waals surface area contributed by atoms with Crippen molar-refractivity contribution < 1.29 is 13.9 Å². The van der Waals surface area contributed by atoms with Crippen molar-refractivity contribution >= 4 is 23.9 Å². The Bertz CT molecular complexity index is 1260. The number of methoxy groups -OCH3 is 1. The largest absolute Gasteiger partial charge is 0.497 e. The predicted molar refractivity (Wildman–Crippen MR) is 128 cm³/mol. The minimum absolute atomic E-state index is 0.126. The number of carbonyl (C=O) groups is 1. The highest BCUT2D eigenvalue weighted by molar-refractivity contribution is 7.99. The summed E-state index contributed by atoms with van der Waals surface area (Å²) in [5.74, 6) is 2.66. The molecule has 168 valence electrons. The van der Waals surface area contributed by atoms with Crippen LogP contribution in [0.25, 0.3) is 17.1 Å². The monoisotopic (exact) mass is 461 g/mol. The van der Waals surface area contributed by atoms with Crippen LogP contribution in [0.5, 0.6) is 5.75 Å². The van der Waals surface area contributed by atoms with Gasteiger partial charge < -0.3 is 9.15 Å². The van der Waals surface area contributed by atoms with Gasteiger partial charge in [-0.1, -0.05) is 29.5 Å². The van der Waals surface area contributed by atoms with Crippen molar-refractivity contribution in [3.63, 3.8) is 0 Å². The summed E-state index contributed by atoms with van der Waals surface area (Å²) < 4.78 is 12.6. The molecule has 0 aliphatic rings. The number of amides is 1. The number of nitrogens with zero attached hydrogens (tertiary/aromatic N) is 4. The molecule has 0 saturated heterocycles. The SMILES string of the molecule is COc1ccc(-c2nnc(SCC(=O)N/N=C/c3ccc(C)o3)n2-c2ccc(C)cc2)cc1. The maximum Gasteiger partial charge on any atom is 0.250 e. The molecule has 0 saturated carbocycles. The van der Waals surface area contributed by atoms with Crippen molar-refractivity contribution in [2.45, 2.75) is 19.0 Å². The highest BCUT2D eigenvalue weighted by atomic mass is 32.2. The molecule has 1 amide bonds. The van der Waals surface area contributed by atoms with E-state index in [4.69, 9.17) is 9.15 Å². The second-order valence-corrected chi connectivity index (χ2v) is 8.18. The molecule has 0 radical (unpaired) electrons. The van der Waals surface area contributed by atoms with Crippen LogP contribution >= 0.6 is 11.8 Å². The number of hydrazone groups is 1. The van der Waals surface area contributed by atoms with Crippen LogP contribution in [0.4, 0.5) is 0 Å². The van der Waals surface area contributed by atoms with Gasteiger partial charge in [-0.2, -0.15) is 5.10 Å². The minimum atomic E-state index is -0.260. The third-order valence-corrected chi connectivity index (χ3v) is 5.68. The molecular weight excluding hydrogens is 438 g/mol. The Hall–Kier alpha value is -3.85. The van der Waals surface area contributed by atoms with Crippen LogP contribution in [0.3, 0.4) is 0 Å². The number of aryl methyl sites for hydroxylation is 2. The number of hydrogen-bond donors (Lipinski definition) is 1. The first-order chi connectivity index (χ1) is 16.0. The number of thioether (sulfide) groups is 1. The zero-order valence-corrected chi connectivity index (χ0v) is 19.3. The van der Waals surface area contributed by atoms with Crippen molar-refractivity contribution in [1.82, 2.24) is 20.2 Å². The summed E-state index contributed by atoms with van der Waals surface area (Å²) in [7, 11) is 1.63. The number of hydrogen-bond acceptors (Lipinski definition) is 7. The second-order valence-electron chi connectivity index (χ2n) is 7.24. The Morgan fingerprint density at radius 3 is 2.52 bits per heavy atom. The Labute approximate surface area is 195 Å². The molecule has 4 aromatic rings. The van der Waals surface area contributed by atoms with Gasteiger partial charge in [0.05, 0.1) is 19.1 Å². The fourth-order valence-electron chi connectivity index (χ4n) is 3.07. The van der Waals surface area contributed by atoms with E-state index in [9.17, 15) is 4.79 Å². The smallest absolute Gasteiger partial charge is 0.250 e. The Morgan fingerprint density at radius 1 is 1.09 bits per heavy atom. The Morgan fingerprint density at radius 2 is 1.85 bits per heavy atom. The van der Waals surface area contributed by atoms with E-state index in [2.05, 4.69) is 20.7 Å². The number of aromatic nitrogens is 3. The average molecular weight is 462 g/mol. The lowest BCUT2D eigenvalue weighted by molar-refractivity contribution is -0.118. The van der Waals surface area contributed by atoms with Gasteiger partial charge in [0.1, 0.15) is 17.3 Å². The molecule has 0 bridgehead atoms. The maximum absolute atomic E-state index is 12.3. The normalized spacial score (nSPS) is 11.1. The Kier molecular flexibility index (Phi) is 6.89. The Balaban J connectivity index is 1.53. The van der Waals surface area contributed by atoms with Gasteiger partial charge in [0.15, 0.2) is 11.0 Å². The molecule has 0 unspecified atom stereocenters. The molecular formula is C24H23N5O3S. The zero-order chi connectivity index (χ0) is 23.2. The van der Waals surface area contributed by atoms with E-state index < -0.39 is 0 Å². The maximum atomic E-state index is 12.3. The quantitative estimate of drug-likeness (QED) is 0.238. The highest BCUT2D eigenvalue weighted by Gasteiger charge is 2.17. The number of ether oxygens (including phenoxy) is 1. The lowest BCUT2D eigenvalue weighted by Gasteiger charge is -2.11. The standard InChI is InChI=1S/C24H23N5O3S/c1-16-4-9-19(10-5-16)29-23(18-7-12-20(31-3)13-8-18)27-28-24(29)33-15-22(30)26-25-14-21-11-6-17(2)32-21/h4-14H,15H2,1-3H3,(H,26,30)/b25-14+. The number of rotatable bonds is 8. The van der Waals surface area contributed by atoms with Crippen LogP contribution in [-0.4, -0.2) is 39.7 Å². The summed E-state index contributed by atoms with van der Waals surface area (Å²) in [5, 5.41) is 13.3. The van der Waals surface area contributed by atoms with Crippen LogP contribution < -0.4 is 10.2 Å². The summed E-state index contributed by atoms with van der Waals surface area (Å²) >= 11 is 1.28. The van der Waals surface area contributed by atoms with Gasteiger partial charge in [0.2, 0.25) is 0 Å². The molecule has 0 atom stereocenters. The molecule has 9 heteroatoms. The molecule has 0 spiro atoms. The van der Waals surface area contributed by atoms with Gasteiger partial charge in [0, 0.05) is 11.3 Å². The minimum Gasteiger partial charge on any atom is -0.497 e. The summed E-state index contributed by atoms with van der Waals surface area (Å²) in [6.07, 6.45) is 1.46. The van der Waals surface area contributed by atoms with Crippen molar-refractivity contribution in [2.24, 2.45) is 5.10 Å². The third-order valence-electron chi connectivity index (χ3n) is 4.75. The van der Waals surface area contributed by atoms with E-state index in [1.165, 1.54) is 18.0 Å². The van der Waals surface area contributed by atoms with Crippen molar-refractivity contribution in [1.29, 1.82) is 0 Å². The van der Waals surface area contributed by atoms with Crippen LogP contribution in [0.2, 0.25) is 0 Å². The molecule has 2 heterocycles. The summed E-state index contributed by atoms with van der Waals surface area (Å²) in [5.41, 5.74) is 5.45. The number of carbonyl (C=O) groups excluding carboxylic acids is 1. The summed E-state index contributed by atoms with van der Waals surface area (Å²) in [6.45, 7) is 3.88. The molecule has 0 aliphatic carbocycles. The van der Waals surface area contributed by atoms with Crippen LogP contribution in [0, 0.1) is 13.8 Å². The lowest BCUT2D eigenvalue weighted by atomic mass is 10.2.